The number of rotatable bonds is 5. The van der Waals surface area contributed by atoms with Crippen LogP contribution >= 0.6 is 11.3 Å². The van der Waals surface area contributed by atoms with Gasteiger partial charge >= 0.3 is 5.97 Å². The molecule has 1 unspecified atom stereocenters. The Hall–Kier alpha value is -3.52. The number of allylic oxidation sites excluding steroid dienone is 1. The van der Waals surface area contributed by atoms with Gasteiger partial charge in [-0.05, 0) is 55.3 Å². The van der Waals surface area contributed by atoms with Crippen LogP contribution in [0, 0.1) is 5.82 Å². The summed E-state index contributed by atoms with van der Waals surface area (Å²) in [6, 6.07) is 12.4. The van der Waals surface area contributed by atoms with Crippen LogP contribution in [-0.4, -0.2) is 24.3 Å². The van der Waals surface area contributed by atoms with E-state index in [2.05, 4.69) is 4.99 Å². The second-order valence-corrected chi connectivity index (χ2v) is 8.14. The maximum atomic E-state index is 13.5. The van der Waals surface area contributed by atoms with Gasteiger partial charge in [0.1, 0.15) is 11.6 Å². The lowest BCUT2D eigenvalue weighted by Crippen LogP contribution is -2.39. The molecular formula is C24H21FN2O4S. The number of hydrogen-bond acceptors (Lipinski definition) is 6. The van der Waals surface area contributed by atoms with E-state index in [-0.39, 0.29) is 18.0 Å². The van der Waals surface area contributed by atoms with E-state index in [1.54, 1.807) is 57.4 Å². The molecule has 8 heteroatoms. The van der Waals surface area contributed by atoms with Crippen LogP contribution in [0.5, 0.6) is 5.75 Å². The van der Waals surface area contributed by atoms with Crippen molar-refractivity contribution >= 4 is 23.4 Å². The highest BCUT2D eigenvalue weighted by Crippen LogP contribution is 2.32. The third-order valence-electron chi connectivity index (χ3n) is 5.09. The summed E-state index contributed by atoms with van der Waals surface area (Å²) in [4.78, 5) is 31.3. The van der Waals surface area contributed by atoms with Gasteiger partial charge in [-0.25, -0.2) is 14.2 Å². The molecule has 0 amide bonds. The lowest BCUT2D eigenvalue weighted by Gasteiger charge is -2.25. The van der Waals surface area contributed by atoms with E-state index in [1.807, 2.05) is 6.07 Å². The number of ether oxygens (including phenoxy) is 2. The fraction of sp³-hybridized carbons (Fsp3) is 0.208. The highest BCUT2D eigenvalue weighted by molar-refractivity contribution is 7.07. The van der Waals surface area contributed by atoms with Crippen LogP contribution in [0.15, 0.2) is 69.6 Å². The molecule has 2 aromatic carbocycles. The van der Waals surface area contributed by atoms with Gasteiger partial charge in [-0.2, -0.15) is 0 Å². The highest BCUT2D eigenvalue weighted by atomic mass is 32.1. The Balaban J connectivity index is 1.96. The standard InChI is InChI=1S/C24H21FN2O4S/c1-4-31-23(29)20-14(2)26-24-27(21(20)16-6-5-7-18(13-16)30-3)22(28)19(32-24)12-15-8-10-17(25)11-9-15/h5-13,21H,4H2,1-3H3/b19-12+. The molecule has 32 heavy (non-hydrogen) atoms. The smallest absolute Gasteiger partial charge is 0.338 e. The average Bonchev–Trinajstić information content (AvgIpc) is 3.09. The number of methoxy groups -OCH3 is 1. The topological polar surface area (TPSA) is 69.9 Å². The predicted molar refractivity (Wildman–Crippen MR) is 120 cm³/mol. The quantitative estimate of drug-likeness (QED) is 0.558. The zero-order valence-corrected chi connectivity index (χ0v) is 18.6. The van der Waals surface area contributed by atoms with E-state index in [9.17, 15) is 14.0 Å². The minimum Gasteiger partial charge on any atom is -0.497 e. The SMILES string of the molecule is CCOC(=O)C1=C(C)N=c2s/c(=C/c3ccc(F)cc3)c(=O)n2C1c1cccc(OC)c1. The molecule has 164 valence electrons. The maximum absolute atomic E-state index is 13.5. The fourth-order valence-corrected chi connectivity index (χ4v) is 4.68. The van der Waals surface area contributed by atoms with Crippen molar-refractivity contribution in [3.63, 3.8) is 0 Å². The van der Waals surface area contributed by atoms with E-state index in [0.29, 0.717) is 37.5 Å². The number of hydrogen-bond donors (Lipinski definition) is 0. The lowest BCUT2D eigenvalue weighted by molar-refractivity contribution is -0.139. The van der Waals surface area contributed by atoms with Gasteiger partial charge in [0.25, 0.3) is 5.56 Å². The Kier molecular flexibility index (Phi) is 6.05. The van der Waals surface area contributed by atoms with Gasteiger partial charge in [0.15, 0.2) is 4.80 Å². The molecule has 3 aromatic rings. The van der Waals surface area contributed by atoms with Crippen molar-refractivity contribution in [3.05, 3.63) is 96.4 Å². The Morgan fingerprint density at radius 3 is 2.69 bits per heavy atom. The minimum atomic E-state index is -0.712. The van der Waals surface area contributed by atoms with Gasteiger partial charge < -0.3 is 9.47 Å². The van der Waals surface area contributed by atoms with Crippen LogP contribution in [0.2, 0.25) is 0 Å². The number of nitrogens with zero attached hydrogens (tertiary/aromatic N) is 2. The van der Waals surface area contributed by atoms with Gasteiger partial charge in [0, 0.05) is 0 Å². The molecule has 0 N–H and O–H groups in total. The molecule has 1 aliphatic rings. The molecule has 0 saturated carbocycles. The normalized spacial score (nSPS) is 15.9. The van der Waals surface area contributed by atoms with Gasteiger partial charge in [-0.1, -0.05) is 35.6 Å². The van der Waals surface area contributed by atoms with Crippen LogP contribution in [0.25, 0.3) is 6.08 Å². The zero-order valence-electron chi connectivity index (χ0n) is 17.8. The molecule has 0 spiro atoms. The van der Waals surface area contributed by atoms with Gasteiger partial charge in [-0.3, -0.25) is 9.36 Å². The van der Waals surface area contributed by atoms with Gasteiger partial charge in [0.2, 0.25) is 0 Å². The largest absolute Gasteiger partial charge is 0.497 e. The third kappa shape index (κ3) is 4.01. The molecule has 2 heterocycles. The summed E-state index contributed by atoms with van der Waals surface area (Å²) < 4.78 is 25.8. The molecule has 6 nitrogen and oxygen atoms in total. The molecule has 4 rings (SSSR count). The number of esters is 1. The molecule has 0 fully saturated rings. The second-order valence-electron chi connectivity index (χ2n) is 7.13. The fourth-order valence-electron chi connectivity index (χ4n) is 3.63. The molecule has 1 atom stereocenters. The average molecular weight is 453 g/mol. The number of aromatic nitrogens is 1. The van der Waals surface area contributed by atoms with Crippen LogP contribution in [0.4, 0.5) is 4.39 Å². The molecule has 0 aliphatic carbocycles. The number of carbonyl (C=O) groups excluding carboxylic acids is 1. The van der Waals surface area contributed by atoms with Crippen molar-refractivity contribution in [2.45, 2.75) is 19.9 Å². The van der Waals surface area contributed by atoms with E-state index in [4.69, 9.17) is 9.47 Å². The summed E-state index contributed by atoms with van der Waals surface area (Å²) in [5.41, 5.74) is 1.90. The Morgan fingerprint density at radius 1 is 1.25 bits per heavy atom. The number of halogens is 1. The van der Waals surface area contributed by atoms with Crippen LogP contribution < -0.4 is 19.6 Å². The summed E-state index contributed by atoms with van der Waals surface area (Å²) in [6.07, 6.45) is 1.69. The monoisotopic (exact) mass is 452 g/mol. The minimum absolute atomic E-state index is 0.204. The Labute approximate surface area is 187 Å². The lowest BCUT2D eigenvalue weighted by atomic mass is 9.95. The number of benzene rings is 2. The van der Waals surface area contributed by atoms with E-state index >= 15 is 0 Å². The Bertz CT molecular complexity index is 1390. The van der Waals surface area contributed by atoms with E-state index < -0.39 is 12.0 Å². The maximum Gasteiger partial charge on any atom is 0.338 e. The van der Waals surface area contributed by atoms with Crippen molar-refractivity contribution < 1.29 is 18.7 Å². The first kappa shape index (κ1) is 21.7. The first-order chi connectivity index (χ1) is 15.4. The van der Waals surface area contributed by atoms with E-state index in [0.717, 1.165) is 0 Å². The molecule has 0 radical (unpaired) electrons. The summed E-state index contributed by atoms with van der Waals surface area (Å²) in [6.45, 7) is 3.66. The number of thiazole rings is 1. The van der Waals surface area contributed by atoms with Crippen molar-refractivity contribution in [3.8, 4) is 5.75 Å². The Morgan fingerprint density at radius 2 is 2.00 bits per heavy atom. The summed E-state index contributed by atoms with van der Waals surface area (Å²) in [7, 11) is 1.56. The van der Waals surface area contributed by atoms with Crippen LogP contribution in [0.3, 0.4) is 0 Å². The number of fused-ring (bicyclic) bond motifs is 1. The van der Waals surface area contributed by atoms with Crippen LogP contribution in [0.1, 0.15) is 31.0 Å². The summed E-state index contributed by atoms with van der Waals surface area (Å²) >= 11 is 1.22. The third-order valence-corrected chi connectivity index (χ3v) is 6.08. The predicted octanol–water partition coefficient (Wildman–Crippen LogP) is 2.95. The molecular weight excluding hydrogens is 431 g/mol. The first-order valence-corrected chi connectivity index (χ1v) is 10.8. The van der Waals surface area contributed by atoms with Gasteiger partial charge in [0.05, 0.1) is 35.6 Å². The van der Waals surface area contributed by atoms with Crippen LogP contribution in [-0.2, 0) is 9.53 Å². The van der Waals surface area contributed by atoms with Gasteiger partial charge in [-0.15, -0.1) is 0 Å². The summed E-state index contributed by atoms with van der Waals surface area (Å²) in [5, 5.41) is 0. The van der Waals surface area contributed by atoms with Crippen molar-refractivity contribution in [1.29, 1.82) is 0 Å². The molecule has 0 saturated heterocycles. The zero-order chi connectivity index (χ0) is 22.8. The van der Waals surface area contributed by atoms with Crippen molar-refractivity contribution in [1.82, 2.24) is 4.57 Å². The summed E-state index contributed by atoms with van der Waals surface area (Å²) in [5.74, 6) is -0.264. The second kappa shape index (κ2) is 8.92. The van der Waals surface area contributed by atoms with Crippen molar-refractivity contribution in [2.24, 2.45) is 4.99 Å². The number of carbonyl (C=O) groups is 1. The molecule has 1 aromatic heterocycles. The highest BCUT2D eigenvalue weighted by Gasteiger charge is 2.33. The molecule has 0 bridgehead atoms. The first-order valence-electron chi connectivity index (χ1n) is 10.0. The van der Waals surface area contributed by atoms with Crippen molar-refractivity contribution in [2.75, 3.05) is 13.7 Å². The molecule has 1 aliphatic heterocycles. The van der Waals surface area contributed by atoms with E-state index in [1.165, 1.54) is 28.0 Å².